The molecule has 0 saturated carbocycles. The van der Waals surface area contributed by atoms with Crippen molar-refractivity contribution >= 4 is 32.9 Å². The van der Waals surface area contributed by atoms with Crippen LogP contribution in [0.25, 0.3) is 0 Å². The Morgan fingerprint density at radius 2 is 2.07 bits per heavy atom. The van der Waals surface area contributed by atoms with Gasteiger partial charge in [0.1, 0.15) is 5.75 Å². The fraction of sp³-hybridized carbons (Fsp3) is 0.600. The third kappa shape index (κ3) is 1.57. The lowest BCUT2D eigenvalue weighted by molar-refractivity contribution is 0.194. The first-order valence-corrected chi connectivity index (χ1v) is 8.23. The highest BCUT2D eigenvalue weighted by Gasteiger charge is 2.37. The topological polar surface area (TPSA) is 9.23 Å². The molecule has 0 amide bonds. The van der Waals surface area contributed by atoms with Gasteiger partial charge in [-0.3, -0.25) is 0 Å². The summed E-state index contributed by atoms with van der Waals surface area (Å²) in [4.78, 5) is 0. The SMILES string of the molecule is c1scc2c1CCC1(CO2)CSSC1. The molecular formula is C10H12OS3. The van der Waals surface area contributed by atoms with Crippen LogP contribution in [0, 0.1) is 5.41 Å². The van der Waals surface area contributed by atoms with E-state index in [2.05, 4.69) is 10.8 Å². The molecule has 0 atom stereocenters. The Kier molecular flexibility index (Phi) is 2.46. The summed E-state index contributed by atoms with van der Waals surface area (Å²) in [6.45, 7) is 0.927. The van der Waals surface area contributed by atoms with E-state index in [0.29, 0.717) is 5.41 Å². The van der Waals surface area contributed by atoms with Gasteiger partial charge in [-0.25, -0.2) is 0 Å². The molecule has 1 aromatic rings. The minimum Gasteiger partial charge on any atom is -0.492 e. The van der Waals surface area contributed by atoms with Crippen LogP contribution < -0.4 is 4.74 Å². The van der Waals surface area contributed by atoms with Crippen LogP contribution in [-0.2, 0) is 6.42 Å². The molecule has 3 rings (SSSR count). The predicted octanol–water partition coefficient (Wildman–Crippen LogP) is 3.45. The molecule has 3 heterocycles. The van der Waals surface area contributed by atoms with E-state index in [0.717, 1.165) is 12.4 Å². The molecule has 0 unspecified atom stereocenters. The molecule has 0 aliphatic carbocycles. The number of ether oxygens (including phenoxy) is 1. The maximum absolute atomic E-state index is 5.91. The van der Waals surface area contributed by atoms with Gasteiger partial charge in [-0.1, -0.05) is 21.6 Å². The molecule has 1 nitrogen and oxygen atoms in total. The maximum atomic E-state index is 5.91. The summed E-state index contributed by atoms with van der Waals surface area (Å²) in [6, 6.07) is 0. The van der Waals surface area contributed by atoms with E-state index >= 15 is 0 Å². The van der Waals surface area contributed by atoms with Crippen molar-refractivity contribution in [3.05, 3.63) is 16.3 Å². The van der Waals surface area contributed by atoms with Crippen molar-refractivity contribution in [3.63, 3.8) is 0 Å². The molecule has 1 fully saturated rings. The lowest BCUT2D eigenvalue weighted by Crippen LogP contribution is -2.30. The van der Waals surface area contributed by atoms with Gasteiger partial charge in [0, 0.05) is 27.9 Å². The van der Waals surface area contributed by atoms with Crippen LogP contribution in [0.15, 0.2) is 10.8 Å². The zero-order valence-electron chi connectivity index (χ0n) is 7.82. The minimum absolute atomic E-state index is 0.464. The highest BCUT2D eigenvalue weighted by molar-refractivity contribution is 8.77. The Morgan fingerprint density at radius 3 is 2.93 bits per heavy atom. The fourth-order valence-corrected chi connectivity index (χ4v) is 6.19. The smallest absolute Gasteiger partial charge is 0.133 e. The molecule has 0 radical (unpaired) electrons. The normalized spacial score (nSPS) is 24.3. The van der Waals surface area contributed by atoms with Gasteiger partial charge in [0.2, 0.25) is 0 Å². The molecule has 14 heavy (non-hydrogen) atoms. The van der Waals surface area contributed by atoms with Crippen molar-refractivity contribution < 1.29 is 4.74 Å². The van der Waals surface area contributed by atoms with Crippen molar-refractivity contribution in [2.75, 3.05) is 18.1 Å². The predicted molar refractivity (Wildman–Crippen MR) is 65.5 cm³/mol. The van der Waals surface area contributed by atoms with Gasteiger partial charge in [0.15, 0.2) is 0 Å². The zero-order chi connectivity index (χ0) is 9.43. The Hall–Kier alpha value is 0.200. The van der Waals surface area contributed by atoms with Gasteiger partial charge >= 0.3 is 0 Å². The van der Waals surface area contributed by atoms with E-state index in [1.807, 2.05) is 21.6 Å². The minimum atomic E-state index is 0.464. The quantitative estimate of drug-likeness (QED) is 0.647. The summed E-state index contributed by atoms with van der Waals surface area (Å²) < 4.78 is 5.91. The molecule has 0 bridgehead atoms. The van der Waals surface area contributed by atoms with Gasteiger partial charge in [-0.15, -0.1) is 11.3 Å². The summed E-state index contributed by atoms with van der Waals surface area (Å²) in [7, 11) is 4.02. The highest BCUT2D eigenvalue weighted by atomic mass is 33.1. The van der Waals surface area contributed by atoms with Gasteiger partial charge < -0.3 is 4.74 Å². The van der Waals surface area contributed by atoms with E-state index in [9.17, 15) is 0 Å². The summed E-state index contributed by atoms with van der Waals surface area (Å²) in [5.74, 6) is 3.69. The third-order valence-electron chi connectivity index (χ3n) is 2.97. The molecular weight excluding hydrogens is 232 g/mol. The first kappa shape index (κ1) is 9.43. The highest BCUT2D eigenvalue weighted by Crippen LogP contribution is 2.48. The van der Waals surface area contributed by atoms with Crippen LogP contribution >= 0.6 is 32.9 Å². The Bertz CT molecular complexity index is 303. The molecule has 4 heteroatoms. The van der Waals surface area contributed by atoms with E-state index in [1.165, 1.54) is 29.9 Å². The van der Waals surface area contributed by atoms with Crippen LogP contribution in [0.5, 0.6) is 5.75 Å². The van der Waals surface area contributed by atoms with Gasteiger partial charge in [0.05, 0.1) is 6.61 Å². The lowest BCUT2D eigenvalue weighted by atomic mass is 9.88. The number of hydrogen-bond donors (Lipinski definition) is 0. The number of fused-ring (bicyclic) bond motifs is 1. The standard InChI is InChI=1S/C10H12OS3/c1-2-10(6-13-14-7-10)5-11-9-4-12-3-8(1)9/h3-4H,1-2,5-7H2. The second-order valence-corrected chi connectivity index (χ2v) is 7.28. The average molecular weight is 244 g/mol. The van der Waals surface area contributed by atoms with Crippen molar-refractivity contribution in [2.45, 2.75) is 12.8 Å². The molecule has 0 aromatic carbocycles. The van der Waals surface area contributed by atoms with Crippen LogP contribution in [0.3, 0.4) is 0 Å². The molecule has 2 aliphatic heterocycles. The van der Waals surface area contributed by atoms with Crippen molar-refractivity contribution in [2.24, 2.45) is 5.41 Å². The largest absolute Gasteiger partial charge is 0.492 e. The van der Waals surface area contributed by atoms with Gasteiger partial charge in [0.25, 0.3) is 0 Å². The van der Waals surface area contributed by atoms with Gasteiger partial charge in [-0.2, -0.15) is 0 Å². The molecule has 1 saturated heterocycles. The van der Waals surface area contributed by atoms with E-state index in [-0.39, 0.29) is 0 Å². The van der Waals surface area contributed by atoms with Crippen LogP contribution in [-0.4, -0.2) is 18.1 Å². The third-order valence-corrected chi connectivity index (χ3v) is 6.58. The first-order valence-electron chi connectivity index (χ1n) is 4.80. The van der Waals surface area contributed by atoms with E-state index in [1.54, 1.807) is 11.3 Å². The Balaban J connectivity index is 1.82. The number of thiophene rings is 1. The second kappa shape index (κ2) is 3.65. The number of hydrogen-bond acceptors (Lipinski definition) is 4. The van der Waals surface area contributed by atoms with E-state index < -0.39 is 0 Å². The molecule has 1 spiro atoms. The fourth-order valence-electron chi connectivity index (χ4n) is 1.93. The monoisotopic (exact) mass is 244 g/mol. The molecule has 2 aliphatic rings. The summed E-state index contributed by atoms with van der Waals surface area (Å²) in [6.07, 6.45) is 2.51. The number of rotatable bonds is 0. The average Bonchev–Trinajstić information content (AvgIpc) is 2.77. The lowest BCUT2D eigenvalue weighted by Gasteiger charge is -2.24. The molecule has 0 N–H and O–H groups in total. The molecule has 76 valence electrons. The van der Waals surface area contributed by atoms with Crippen molar-refractivity contribution in [1.82, 2.24) is 0 Å². The summed E-state index contributed by atoms with van der Waals surface area (Å²) >= 11 is 1.76. The van der Waals surface area contributed by atoms with Gasteiger partial charge in [-0.05, 0) is 18.2 Å². The maximum Gasteiger partial charge on any atom is 0.133 e. The van der Waals surface area contributed by atoms with Crippen molar-refractivity contribution in [3.8, 4) is 5.75 Å². The summed E-state index contributed by atoms with van der Waals surface area (Å²) in [5, 5.41) is 4.38. The zero-order valence-corrected chi connectivity index (χ0v) is 10.3. The van der Waals surface area contributed by atoms with Crippen LogP contribution in [0.4, 0.5) is 0 Å². The number of aryl methyl sites for hydroxylation is 1. The van der Waals surface area contributed by atoms with Crippen LogP contribution in [0.2, 0.25) is 0 Å². The summed E-state index contributed by atoms with van der Waals surface area (Å²) in [5.41, 5.74) is 1.89. The Morgan fingerprint density at radius 1 is 1.21 bits per heavy atom. The first-order chi connectivity index (χ1) is 6.88. The Labute approximate surface area is 96.0 Å². The van der Waals surface area contributed by atoms with E-state index in [4.69, 9.17) is 4.74 Å². The second-order valence-electron chi connectivity index (χ2n) is 4.07. The van der Waals surface area contributed by atoms with Crippen molar-refractivity contribution in [1.29, 1.82) is 0 Å². The van der Waals surface area contributed by atoms with Crippen LogP contribution in [0.1, 0.15) is 12.0 Å². The molecule has 1 aromatic heterocycles.